The van der Waals surface area contributed by atoms with Crippen molar-refractivity contribution in [2.45, 2.75) is 30.9 Å². The minimum Gasteiger partial charge on any atom is -0.493 e. The first-order valence-corrected chi connectivity index (χ1v) is 11.6. The zero-order valence-corrected chi connectivity index (χ0v) is 19.0. The average Bonchev–Trinajstić information content (AvgIpc) is 3.45. The number of ketones is 1. The first-order valence-electron chi connectivity index (χ1n) is 11.6. The summed E-state index contributed by atoms with van der Waals surface area (Å²) in [5.74, 6) is 1.39. The van der Waals surface area contributed by atoms with Gasteiger partial charge in [0.15, 0.2) is 11.5 Å². The highest BCUT2D eigenvalue weighted by Gasteiger charge is 2.46. The zero-order valence-electron chi connectivity index (χ0n) is 19.0. The molecule has 3 atom stereocenters. The lowest BCUT2D eigenvalue weighted by Gasteiger charge is -2.25. The number of benzene rings is 3. The van der Waals surface area contributed by atoms with Gasteiger partial charge in [0.1, 0.15) is 12.4 Å². The third-order valence-corrected chi connectivity index (χ3v) is 6.99. The van der Waals surface area contributed by atoms with Crippen molar-refractivity contribution in [2.75, 3.05) is 12.4 Å². The van der Waals surface area contributed by atoms with Crippen molar-refractivity contribution < 1.29 is 14.3 Å². The molecule has 0 amide bonds. The van der Waals surface area contributed by atoms with Gasteiger partial charge >= 0.3 is 0 Å². The number of para-hydroxylation sites is 2. The molecular formula is C29H26N2O3. The fourth-order valence-electron chi connectivity index (χ4n) is 5.40. The van der Waals surface area contributed by atoms with E-state index in [0.717, 1.165) is 22.5 Å². The highest BCUT2D eigenvalue weighted by atomic mass is 16.5. The van der Waals surface area contributed by atoms with Gasteiger partial charge in [0.2, 0.25) is 0 Å². The summed E-state index contributed by atoms with van der Waals surface area (Å²) in [6.07, 6.45) is 2.59. The Balaban J connectivity index is 1.34. The molecule has 3 aromatic carbocycles. The summed E-state index contributed by atoms with van der Waals surface area (Å²) in [7, 11) is 1.64. The summed E-state index contributed by atoms with van der Waals surface area (Å²) in [5.41, 5.74) is 5.37. The molecule has 1 aliphatic heterocycles. The minimum absolute atomic E-state index is 0.0365. The molecule has 1 aliphatic carbocycles. The summed E-state index contributed by atoms with van der Waals surface area (Å²) in [4.78, 5) is 13.4. The Morgan fingerprint density at radius 1 is 0.941 bits per heavy atom. The van der Waals surface area contributed by atoms with Crippen LogP contribution in [0.15, 0.2) is 91.1 Å². The number of rotatable bonds is 5. The third-order valence-electron chi connectivity index (χ3n) is 6.99. The maximum absolute atomic E-state index is 13.4. The Labute approximate surface area is 199 Å². The summed E-state index contributed by atoms with van der Waals surface area (Å²) >= 11 is 0. The Morgan fingerprint density at radius 3 is 2.62 bits per heavy atom. The lowest BCUT2D eigenvalue weighted by atomic mass is 9.89. The Bertz CT molecular complexity index is 1340. The number of fused-ring (bicyclic) bond motifs is 5. The van der Waals surface area contributed by atoms with Crippen molar-refractivity contribution in [3.8, 4) is 17.2 Å². The number of methoxy groups -OCH3 is 1. The van der Waals surface area contributed by atoms with E-state index < -0.39 is 0 Å². The van der Waals surface area contributed by atoms with E-state index in [4.69, 9.17) is 9.47 Å². The fraction of sp³-hybridized carbons (Fsp3) is 0.207. The van der Waals surface area contributed by atoms with Crippen LogP contribution in [-0.2, 0) is 11.4 Å². The first-order chi connectivity index (χ1) is 16.7. The number of nitrogens with zero attached hydrogens (tertiary/aromatic N) is 1. The number of hydrogen-bond donors (Lipinski definition) is 1. The second-order valence-corrected chi connectivity index (χ2v) is 8.93. The molecule has 0 saturated heterocycles. The van der Waals surface area contributed by atoms with E-state index in [2.05, 4.69) is 40.3 Å². The molecule has 2 aliphatic rings. The highest BCUT2D eigenvalue weighted by molar-refractivity contribution is 5.92. The van der Waals surface area contributed by atoms with Crippen LogP contribution in [0.1, 0.15) is 35.1 Å². The predicted octanol–water partition coefficient (Wildman–Crippen LogP) is 5.70. The monoisotopic (exact) mass is 450 g/mol. The van der Waals surface area contributed by atoms with E-state index in [1.807, 2.05) is 60.7 Å². The number of ether oxygens (including phenoxy) is 2. The predicted molar refractivity (Wildman–Crippen MR) is 132 cm³/mol. The number of aromatic nitrogens is 1. The molecule has 6 rings (SSSR count). The van der Waals surface area contributed by atoms with Crippen molar-refractivity contribution >= 4 is 11.5 Å². The van der Waals surface area contributed by atoms with Gasteiger partial charge in [-0.05, 0) is 47.5 Å². The molecular weight excluding hydrogens is 424 g/mol. The van der Waals surface area contributed by atoms with Crippen LogP contribution in [0.4, 0.5) is 5.69 Å². The lowest BCUT2D eigenvalue weighted by Crippen LogP contribution is -2.29. The zero-order chi connectivity index (χ0) is 23.1. The molecule has 1 saturated carbocycles. The topological polar surface area (TPSA) is 52.5 Å². The van der Waals surface area contributed by atoms with Gasteiger partial charge in [-0.2, -0.15) is 0 Å². The molecule has 2 heterocycles. The number of carbonyl (C=O) groups is 1. The molecule has 1 fully saturated rings. The SMILES string of the molecule is COc1cc([C@@H]2C(=O)C[C@H]3c4cccn4-c4ccccc4N[C@H]32)ccc1OCc1ccccc1. The van der Waals surface area contributed by atoms with E-state index in [9.17, 15) is 4.79 Å². The minimum atomic E-state index is -0.267. The quantitative estimate of drug-likeness (QED) is 0.424. The standard InChI is InChI=1S/C29H26N2O3/c1-33-27-16-20(13-14-26(27)34-18-19-8-3-2-4-9-19)28-25(32)17-21-23-12-7-15-31(23)24-11-6-5-10-22(24)30-29(21)28/h2-16,21,28-30H,17-18H2,1H3/t21-,28+,29+/m0/s1. The second-order valence-electron chi connectivity index (χ2n) is 8.93. The van der Waals surface area contributed by atoms with Crippen molar-refractivity contribution in [1.29, 1.82) is 0 Å². The van der Waals surface area contributed by atoms with E-state index in [1.54, 1.807) is 7.11 Å². The van der Waals surface area contributed by atoms with Crippen LogP contribution >= 0.6 is 0 Å². The Kier molecular flexibility index (Phi) is 5.10. The molecule has 0 radical (unpaired) electrons. The summed E-state index contributed by atoms with van der Waals surface area (Å²) in [5, 5.41) is 3.72. The number of anilines is 1. The molecule has 1 N–H and O–H groups in total. The smallest absolute Gasteiger partial charge is 0.161 e. The van der Waals surface area contributed by atoms with Gasteiger partial charge in [-0.15, -0.1) is 0 Å². The van der Waals surface area contributed by atoms with Crippen LogP contribution in [0.3, 0.4) is 0 Å². The lowest BCUT2D eigenvalue weighted by molar-refractivity contribution is -0.118. The van der Waals surface area contributed by atoms with E-state index in [1.165, 1.54) is 5.69 Å². The maximum atomic E-state index is 13.4. The van der Waals surface area contributed by atoms with Gasteiger partial charge in [0.25, 0.3) is 0 Å². The van der Waals surface area contributed by atoms with Gasteiger partial charge in [-0.1, -0.05) is 48.5 Å². The summed E-state index contributed by atoms with van der Waals surface area (Å²) in [6, 6.07) is 28.4. The number of nitrogens with one attached hydrogen (secondary N) is 1. The second kappa shape index (κ2) is 8.41. The van der Waals surface area contributed by atoms with Gasteiger partial charge in [0, 0.05) is 30.3 Å². The van der Waals surface area contributed by atoms with Crippen LogP contribution in [0.2, 0.25) is 0 Å². The van der Waals surface area contributed by atoms with Crippen molar-refractivity contribution in [1.82, 2.24) is 4.57 Å². The molecule has 5 nitrogen and oxygen atoms in total. The third kappa shape index (κ3) is 3.45. The molecule has 170 valence electrons. The van der Waals surface area contributed by atoms with Gasteiger partial charge < -0.3 is 19.4 Å². The molecule has 0 bridgehead atoms. The van der Waals surface area contributed by atoms with Crippen LogP contribution < -0.4 is 14.8 Å². The molecule has 1 aromatic heterocycles. The number of Topliss-reactive ketones (excluding diaryl/α,β-unsaturated/α-hetero) is 1. The van der Waals surface area contributed by atoms with Crippen molar-refractivity contribution in [3.05, 3.63) is 108 Å². The molecule has 0 unspecified atom stereocenters. The van der Waals surface area contributed by atoms with Crippen LogP contribution in [-0.4, -0.2) is 23.5 Å². The average molecular weight is 451 g/mol. The highest BCUT2D eigenvalue weighted by Crippen LogP contribution is 2.47. The number of hydrogen-bond acceptors (Lipinski definition) is 4. The normalized spacial score (nSPS) is 20.5. The van der Waals surface area contributed by atoms with E-state index in [0.29, 0.717) is 24.5 Å². The molecule has 5 heteroatoms. The summed E-state index contributed by atoms with van der Waals surface area (Å²) in [6.45, 7) is 0.457. The van der Waals surface area contributed by atoms with Crippen molar-refractivity contribution in [3.63, 3.8) is 0 Å². The first kappa shape index (κ1) is 20.6. The largest absolute Gasteiger partial charge is 0.493 e. The Hall–Kier alpha value is -3.99. The van der Waals surface area contributed by atoms with Crippen molar-refractivity contribution in [2.24, 2.45) is 0 Å². The van der Waals surface area contributed by atoms with Gasteiger partial charge in [0.05, 0.1) is 24.4 Å². The molecule has 0 spiro atoms. The van der Waals surface area contributed by atoms with Gasteiger partial charge in [-0.3, -0.25) is 4.79 Å². The molecule has 4 aromatic rings. The maximum Gasteiger partial charge on any atom is 0.161 e. The van der Waals surface area contributed by atoms with E-state index in [-0.39, 0.29) is 23.7 Å². The summed E-state index contributed by atoms with van der Waals surface area (Å²) < 4.78 is 13.9. The van der Waals surface area contributed by atoms with Crippen LogP contribution in [0.5, 0.6) is 11.5 Å². The van der Waals surface area contributed by atoms with Gasteiger partial charge in [-0.25, -0.2) is 0 Å². The van der Waals surface area contributed by atoms with Crippen LogP contribution in [0.25, 0.3) is 5.69 Å². The fourth-order valence-corrected chi connectivity index (χ4v) is 5.40. The Morgan fingerprint density at radius 2 is 1.76 bits per heavy atom. The number of carbonyl (C=O) groups excluding carboxylic acids is 1. The van der Waals surface area contributed by atoms with Crippen LogP contribution in [0, 0.1) is 0 Å². The van der Waals surface area contributed by atoms with E-state index >= 15 is 0 Å². The molecule has 34 heavy (non-hydrogen) atoms.